The van der Waals surface area contributed by atoms with Crippen LogP contribution in [0.2, 0.25) is 0 Å². The van der Waals surface area contributed by atoms with E-state index in [9.17, 15) is 4.79 Å². The summed E-state index contributed by atoms with van der Waals surface area (Å²) in [6, 6.07) is 5.96. The normalized spacial score (nSPS) is 19.2. The van der Waals surface area contributed by atoms with Crippen LogP contribution in [0.25, 0.3) is 0 Å². The fourth-order valence-corrected chi connectivity index (χ4v) is 2.72. The molecule has 0 spiro atoms. The molecule has 1 aromatic rings. The minimum absolute atomic E-state index is 0.0746. The molecule has 0 bridgehead atoms. The van der Waals surface area contributed by atoms with Crippen LogP contribution in [0.1, 0.15) is 28.8 Å². The Hall–Kier alpha value is -1.55. The zero-order chi connectivity index (χ0) is 14.0. The first-order chi connectivity index (χ1) is 8.99. The van der Waals surface area contributed by atoms with Crippen molar-refractivity contribution in [2.24, 2.45) is 0 Å². The minimum Gasteiger partial charge on any atom is -0.398 e. The molecule has 1 aliphatic rings. The van der Waals surface area contributed by atoms with Crippen LogP contribution in [0.3, 0.4) is 0 Å². The molecule has 4 heteroatoms. The van der Waals surface area contributed by atoms with Gasteiger partial charge in [-0.3, -0.25) is 4.79 Å². The fraction of sp³-hybridized carbons (Fsp3) is 0.533. The molecule has 4 nitrogen and oxygen atoms in total. The van der Waals surface area contributed by atoms with Gasteiger partial charge in [0.15, 0.2) is 0 Å². The number of nitrogens with zero attached hydrogens (tertiary/aromatic N) is 2. The van der Waals surface area contributed by atoms with Gasteiger partial charge in [0.1, 0.15) is 0 Å². The average Bonchev–Trinajstić information content (AvgIpc) is 2.78. The molecule has 1 saturated heterocycles. The van der Waals surface area contributed by atoms with Crippen LogP contribution in [-0.2, 0) is 0 Å². The number of rotatable bonds is 3. The number of aryl methyl sites for hydroxylation is 1. The van der Waals surface area contributed by atoms with Crippen molar-refractivity contribution in [3.8, 4) is 0 Å². The van der Waals surface area contributed by atoms with Crippen molar-refractivity contribution >= 4 is 11.6 Å². The summed E-state index contributed by atoms with van der Waals surface area (Å²) in [4.78, 5) is 16.8. The highest BCUT2D eigenvalue weighted by Crippen LogP contribution is 2.23. The topological polar surface area (TPSA) is 49.6 Å². The first kappa shape index (κ1) is 13.9. The Morgan fingerprint density at radius 2 is 2.21 bits per heavy atom. The molecule has 19 heavy (non-hydrogen) atoms. The van der Waals surface area contributed by atoms with Gasteiger partial charge in [0, 0.05) is 24.8 Å². The van der Waals surface area contributed by atoms with Crippen LogP contribution < -0.4 is 5.73 Å². The molecule has 1 amide bonds. The zero-order valence-corrected chi connectivity index (χ0v) is 12.0. The second kappa shape index (κ2) is 5.61. The number of amides is 1. The van der Waals surface area contributed by atoms with Crippen LogP contribution in [0.4, 0.5) is 5.69 Å². The molecular formula is C15H23N3O. The third-order valence-corrected chi connectivity index (χ3v) is 3.65. The van der Waals surface area contributed by atoms with E-state index in [1.54, 1.807) is 0 Å². The van der Waals surface area contributed by atoms with Gasteiger partial charge in [-0.15, -0.1) is 0 Å². The summed E-state index contributed by atoms with van der Waals surface area (Å²) in [7, 11) is 4.09. The Morgan fingerprint density at radius 1 is 1.47 bits per heavy atom. The van der Waals surface area contributed by atoms with E-state index in [2.05, 4.69) is 4.90 Å². The third-order valence-electron chi connectivity index (χ3n) is 3.65. The molecule has 1 aliphatic heterocycles. The van der Waals surface area contributed by atoms with Crippen LogP contribution in [0, 0.1) is 6.92 Å². The summed E-state index contributed by atoms with van der Waals surface area (Å²) in [6.45, 7) is 3.74. The van der Waals surface area contributed by atoms with Gasteiger partial charge < -0.3 is 15.5 Å². The highest BCUT2D eigenvalue weighted by atomic mass is 16.2. The number of hydrogen-bond donors (Lipinski definition) is 1. The standard InChI is InChI=1S/C15H23N3O/c1-11-6-7-14(16)13(9-11)15(19)18-8-4-5-12(18)10-17(2)3/h6-7,9,12H,4-5,8,10,16H2,1-3H3. The minimum atomic E-state index is 0.0746. The number of carbonyl (C=O) groups excluding carboxylic acids is 1. The molecular weight excluding hydrogens is 238 g/mol. The molecule has 0 aromatic heterocycles. The van der Waals surface area contributed by atoms with E-state index in [0.29, 0.717) is 17.3 Å². The van der Waals surface area contributed by atoms with E-state index in [1.807, 2.05) is 44.1 Å². The van der Waals surface area contributed by atoms with Crippen LogP contribution in [0.15, 0.2) is 18.2 Å². The van der Waals surface area contributed by atoms with Crippen LogP contribution >= 0.6 is 0 Å². The summed E-state index contributed by atoms with van der Waals surface area (Å²) in [6.07, 6.45) is 2.16. The Balaban J connectivity index is 2.20. The molecule has 104 valence electrons. The smallest absolute Gasteiger partial charge is 0.256 e. The van der Waals surface area contributed by atoms with Gasteiger partial charge in [-0.2, -0.15) is 0 Å². The van der Waals surface area contributed by atoms with Crippen molar-refractivity contribution in [2.75, 3.05) is 32.9 Å². The van der Waals surface area contributed by atoms with E-state index in [4.69, 9.17) is 5.73 Å². The number of carbonyl (C=O) groups is 1. The van der Waals surface area contributed by atoms with Crippen LogP contribution in [0.5, 0.6) is 0 Å². The van der Waals surface area contributed by atoms with Crippen molar-refractivity contribution in [3.63, 3.8) is 0 Å². The average molecular weight is 261 g/mol. The quantitative estimate of drug-likeness (QED) is 0.843. The largest absolute Gasteiger partial charge is 0.398 e. The number of nitrogen functional groups attached to an aromatic ring is 1. The lowest BCUT2D eigenvalue weighted by atomic mass is 10.1. The van der Waals surface area contributed by atoms with E-state index in [-0.39, 0.29) is 5.91 Å². The predicted octanol–water partition coefficient (Wildman–Crippen LogP) is 1.74. The van der Waals surface area contributed by atoms with Gasteiger partial charge in [-0.05, 0) is 46.0 Å². The summed E-state index contributed by atoms with van der Waals surface area (Å²) in [5, 5.41) is 0. The number of nitrogens with two attached hydrogens (primary N) is 1. The third kappa shape index (κ3) is 3.07. The number of likely N-dealkylation sites (N-methyl/N-ethyl adjacent to an activating group) is 1. The molecule has 0 saturated carbocycles. The van der Waals surface area contributed by atoms with Crippen molar-refractivity contribution in [1.29, 1.82) is 0 Å². The second-order valence-electron chi connectivity index (χ2n) is 5.65. The molecule has 1 atom stereocenters. The number of hydrogen-bond acceptors (Lipinski definition) is 3. The summed E-state index contributed by atoms with van der Waals surface area (Å²) in [5.74, 6) is 0.0746. The van der Waals surface area contributed by atoms with Crippen molar-refractivity contribution in [3.05, 3.63) is 29.3 Å². The maximum Gasteiger partial charge on any atom is 0.256 e. The highest BCUT2D eigenvalue weighted by Gasteiger charge is 2.30. The van der Waals surface area contributed by atoms with E-state index < -0.39 is 0 Å². The first-order valence-corrected chi connectivity index (χ1v) is 6.81. The Kier molecular flexibility index (Phi) is 4.10. The van der Waals surface area contributed by atoms with E-state index >= 15 is 0 Å². The molecule has 1 unspecified atom stereocenters. The first-order valence-electron chi connectivity index (χ1n) is 6.81. The van der Waals surface area contributed by atoms with Crippen LogP contribution in [-0.4, -0.2) is 48.9 Å². The lowest BCUT2D eigenvalue weighted by Crippen LogP contribution is -2.41. The summed E-state index contributed by atoms with van der Waals surface area (Å²) >= 11 is 0. The Bertz CT molecular complexity index is 470. The molecule has 2 N–H and O–H groups in total. The van der Waals surface area contributed by atoms with E-state index in [1.165, 1.54) is 0 Å². The fourth-order valence-electron chi connectivity index (χ4n) is 2.72. The van der Waals surface area contributed by atoms with Crippen molar-refractivity contribution in [1.82, 2.24) is 9.80 Å². The Labute approximate surface area is 115 Å². The lowest BCUT2D eigenvalue weighted by Gasteiger charge is -2.27. The molecule has 1 aromatic carbocycles. The zero-order valence-electron chi connectivity index (χ0n) is 12.0. The molecule has 2 rings (SSSR count). The van der Waals surface area contributed by atoms with Gasteiger partial charge in [-0.1, -0.05) is 11.6 Å². The second-order valence-corrected chi connectivity index (χ2v) is 5.65. The van der Waals surface area contributed by atoms with Crippen molar-refractivity contribution < 1.29 is 4.79 Å². The van der Waals surface area contributed by atoms with Gasteiger partial charge >= 0.3 is 0 Å². The van der Waals surface area contributed by atoms with Crippen molar-refractivity contribution in [2.45, 2.75) is 25.8 Å². The molecule has 1 fully saturated rings. The molecule has 0 radical (unpaired) electrons. The Morgan fingerprint density at radius 3 is 2.89 bits per heavy atom. The molecule has 1 heterocycles. The maximum absolute atomic E-state index is 12.6. The highest BCUT2D eigenvalue weighted by molar-refractivity contribution is 5.99. The lowest BCUT2D eigenvalue weighted by molar-refractivity contribution is 0.0717. The SMILES string of the molecule is Cc1ccc(N)c(C(=O)N2CCCC2CN(C)C)c1. The summed E-state index contributed by atoms with van der Waals surface area (Å²) in [5.41, 5.74) is 8.24. The monoisotopic (exact) mass is 261 g/mol. The predicted molar refractivity (Wildman–Crippen MR) is 78.2 cm³/mol. The van der Waals surface area contributed by atoms with Gasteiger partial charge in [0.2, 0.25) is 0 Å². The van der Waals surface area contributed by atoms with Gasteiger partial charge in [-0.25, -0.2) is 0 Å². The van der Waals surface area contributed by atoms with E-state index in [0.717, 1.165) is 31.5 Å². The van der Waals surface area contributed by atoms with Gasteiger partial charge in [0.05, 0.1) is 5.56 Å². The number of anilines is 1. The molecule has 0 aliphatic carbocycles. The number of likely N-dealkylation sites (tertiary alicyclic amines) is 1. The summed E-state index contributed by atoms with van der Waals surface area (Å²) < 4.78 is 0. The van der Waals surface area contributed by atoms with Gasteiger partial charge in [0.25, 0.3) is 5.91 Å². The number of benzene rings is 1. The maximum atomic E-state index is 12.6.